The highest BCUT2D eigenvalue weighted by Crippen LogP contribution is 2.21. The molecule has 0 aliphatic carbocycles. The van der Waals surface area contributed by atoms with E-state index in [4.69, 9.17) is 4.74 Å². The monoisotopic (exact) mass is 308 g/mol. The van der Waals surface area contributed by atoms with Gasteiger partial charge in [0.15, 0.2) is 0 Å². The van der Waals surface area contributed by atoms with Crippen molar-refractivity contribution >= 4 is 15.9 Å². The topological polar surface area (TPSA) is 9.23 Å². The summed E-state index contributed by atoms with van der Waals surface area (Å²) in [4.78, 5) is 0. The van der Waals surface area contributed by atoms with E-state index in [0.29, 0.717) is 16.8 Å². The van der Waals surface area contributed by atoms with Gasteiger partial charge in [-0.1, -0.05) is 34.1 Å². The smallest absolute Gasteiger partial charge is 0.128 e. The van der Waals surface area contributed by atoms with Crippen molar-refractivity contribution in [2.75, 3.05) is 0 Å². The van der Waals surface area contributed by atoms with E-state index >= 15 is 0 Å². The molecule has 0 aliphatic rings. The molecule has 2 aromatic rings. The van der Waals surface area contributed by atoms with Gasteiger partial charge in [-0.15, -0.1) is 0 Å². The van der Waals surface area contributed by atoms with Crippen LogP contribution in [0, 0.1) is 19.7 Å². The Morgan fingerprint density at radius 1 is 1.06 bits per heavy atom. The van der Waals surface area contributed by atoms with Gasteiger partial charge >= 0.3 is 0 Å². The molecule has 0 N–H and O–H groups in total. The lowest BCUT2D eigenvalue weighted by atomic mass is 10.1. The Balaban J connectivity index is 2.08. The zero-order valence-electron chi connectivity index (χ0n) is 10.3. The van der Waals surface area contributed by atoms with E-state index in [1.54, 1.807) is 6.07 Å². The normalized spacial score (nSPS) is 10.4. The predicted octanol–water partition coefficient (Wildman–Crippen LogP) is 4.78. The van der Waals surface area contributed by atoms with E-state index in [-0.39, 0.29) is 5.82 Å². The van der Waals surface area contributed by atoms with Crippen LogP contribution in [0.1, 0.15) is 16.7 Å². The van der Waals surface area contributed by atoms with Crippen molar-refractivity contribution in [2.24, 2.45) is 0 Å². The molecule has 0 aromatic heterocycles. The average molecular weight is 309 g/mol. The molecule has 0 radical (unpaired) electrons. The summed E-state index contributed by atoms with van der Waals surface area (Å²) in [6.07, 6.45) is 0. The molecule has 94 valence electrons. The Bertz CT molecular complexity index is 546. The zero-order chi connectivity index (χ0) is 13.1. The number of benzene rings is 2. The molecular formula is C15H14BrFO. The van der Waals surface area contributed by atoms with Crippen LogP contribution in [0.2, 0.25) is 0 Å². The lowest BCUT2D eigenvalue weighted by molar-refractivity contribution is 0.304. The van der Waals surface area contributed by atoms with E-state index in [2.05, 4.69) is 41.9 Å². The molecule has 1 nitrogen and oxygen atoms in total. The summed E-state index contributed by atoms with van der Waals surface area (Å²) < 4.78 is 19.4. The third-order valence-corrected chi connectivity index (χ3v) is 3.27. The van der Waals surface area contributed by atoms with Gasteiger partial charge < -0.3 is 4.74 Å². The second-order valence-electron chi connectivity index (χ2n) is 4.31. The van der Waals surface area contributed by atoms with Crippen LogP contribution in [-0.2, 0) is 6.61 Å². The third kappa shape index (κ3) is 3.33. The molecule has 0 aliphatic heterocycles. The SMILES string of the molecule is Cc1ccc(COc2cc(F)cc(Br)c2)cc1C. The van der Waals surface area contributed by atoms with Crippen molar-refractivity contribution in [3.8, 4) is 5.75 Å². The number of hydrogen-bond acceptors (Lipinski definition) is 1. The maximum atomic E-state index is 13.2. The van der Waals surface area contributed by atoms with Crippen molar-refractivity contribution in [3.05, 3.63) is 63.4 Å². The van der Waals surface area contributed by atoms with Crippen molar-refractivity contribution in [2.45, 2.75) is 20.5 Å². The molecule has 0 atom stereocenters. The molecule has 0 saturated heterocycles. The summed E-state index contributed by atoms with van der Waals surface area (Å²) >= 11 is 3.24. The summed E-state index contributed by atoms with van der Waals surface area (Å²) in [6.45, 7) is 4.58. The minimum absolute atomic E-state index is 0.306. The fourth-order valence-electron chi connectivity index (χ4n) is 1.67. The van der Waals surface area contributed by atoms with Crippen molar-refractivity contribution < 1.29 is 9.13 Å². The Morgan fingerprint density at radius 2 is 1.83 bits per heavy atom. The van der Waals surface area contributed by atoms with Gasteiger partial charge in [0.2, 0.25) is 0 Å². The molecule has 0 saturated carbocycles. The van der Waals surface area contributed by atoms with Crippen LogP contribution >= 0.6 is 15.9 Å². The van der Waals surface area contributed by atoms with E-state index in [9.17, 15) is 4.39 Å². The molecule has 0 heterocycles. The summed E-state index contributed by atoms with van der Waals surface area (Å²) in [5.74, 6) is 0.222. The quantitative estimate of drug-likeness (QED) is 0.792. The first-order valence-corrected chi connectivity index (χ1v) is 6.49. The van der Waals surface area contributed by atoms with Gasteiger partial charge in [-0.05, 0) is 42.7 Å². The lowest BCUT2D eigenvalue weighted by Crippen LogP contribution is -1.97. The van der Waals surface area contributed by atoms with Crippen LogP contribution in [0.15, 0.2) is 40.9 Å². The van der Waals surface area contributed by atoms with Gasteiger partial charge in [-0.25, -0.2) is 4.39 Å². The van der Waals surface area contributed by atoms with Gasteiger partial charge in [-0.3, -0.25) is 0 Å². The first-order chi connectivity index (χ1) is 8.54. The van der Waals surface area contributed by atoms with Gasteiger partial charge in [0.05, 0.1) is 0 Å². The molecule has 0 unspecified atom stereocenters. The Kier molecular flexibility index (Phi) is 4.02. The Morgan fingerprint density at radius 3 is 2.50 bits per heavy atom. The molecule has 2 aromatic carbocycles. The number of rotatable bonds is 3. The second-order valence-corrected chi connectivity index (χ2v) is 5.23. The Hall–Kier alpha value is -1.35. The second kappa shape index (κ2) is 5.53. The van der Waals surface area contributed by atoms with E-state index in [0.717, 1.165) is 5.56 Å². The number of ether oxygens (including phenoxy) is 1. The maximum Gasteiger partial charge on any atom is 0.128 e. The first kappa shape index (κ1) is 13.1. The number of halogens is 2. The molecule has 2 rings (SSSR count). The van der Waals surface area contributed by atoms with Crippen LogP contribution in [0.25, 0.3) is 0 Å². The van der Waals surface area contributed by atoms with Crippen LogP contribution in [0.5, 0.6) is 5.75 Å². The summed E-state index contributed by atoms with van der Waals surface area (Å²) in [6, 6.07) is 10.7. The number of aryl methyl sites for hydroxylation is 2. The highest BCUT2D eigenvalue weighted by Gasteiger charge is 2.02. The van der Waals surface area contributed by atoms with Crippen LogP contribution in [0.3, 0.4) is 0 Å². The maximum absolute atomic E-state index is 13.2. The summed E-state index contributed by atoms with van der Waals surface area (Å²) in [5.41, 5.74) is 3.57. The molecule has 0 amide bonds. The van der Waals surface area contributed by atoms with Crippen molar-refractivity contribution in [1.82, 2.24) is 0 Å². The fourth-order valence-corrected chi connectivity index (χ4v) is 2.12. The molecule has 0 fully saturated rings. The highest BCUT2D eigenvalue weighted by atomic mass is 79.9. The van der Waals surface area contributed by atoms with Crippen LogP contribution in [0.4, 0.5) is 4.39 Å². The number of hydrogen-bond donors (Lipinski definition) is 0. The summed E-state index contributed by atoms with van der Waals surface area (Å²) in [5, 5.41) is 0. The highest BCUT2D eigenvalue weighted by molar-refractivity contribution is 9.10. The zero-order valence-corrected chi connectivity index (χ0v) is 11.9. The predicted molar refractivity (Wildman–Crippen MR) is 74.3 cm³/mol. The molecule has 3 heteroatoms. The van der Waals surface area contributed by atoms with Crippen molar-refractivity contribution in [1.29, 1.82) is 0 Å². The lowest BCUT2D eigenvalue weighted by Gasteiger charge is -2.08. The minimum Gasteiger partial charge on any atom is -0.489 e. The molecular weight excluding hydrogens is 295 g/mol. The van der Waals surface area contributed by atoms with E-state index < -0.39 is 0 Å². The standard InChI is InChI=1S/C15H14BrFO/c1-10-3-4-12(5-11(10)2)9-18-15-7-13(16)6-14(17)8-15/h3-8H,9H2,1-2H3. The molecule has 0 spiro atoms. The van der Waals surface area contributed by atoms with Gasteiger partial charge in [-0.2, -0.15) is 0 Å². The van der Waals surface area contributed by atoms with Crippen LogP contribution in [-0.4, -0.2) is 0 Å². The van der Waals surface area contributed by atoms with E-state index in [1.807, 2.05) is 6.07 Å². The first-order valence-electron chi connectivity index (χ1n) is 5.69. The van der Waals surface area contributed by atoms with Crippen molar-refractivity contribution in [3.63, 3.8) is 0 Å². The molecule has 18 heavy (non-hydrogen) atoms. The van der Waals surface area contributed by atoms with Gasteiger partial charge in [0.1, 0.15) is 18.2 Å². The fraction of sp³-hybridized carbons (Fsp3) is 0.200. The molecule has 0 bridgehead atoms. The largest absolute Gasteiger partial charge is 0.489 e. The van der Waals surface area contributed by atoms with Gasteiger partial charge in [0, 0.05) is 10.5 Å². The third-order valence-electron chi connectivity index (χ3n) is 2.81. The van der Waals surface area contributed by atoms with Crippen LogP contribution < -0.4 is 4.74 Å². The summed E-state index contributed by atoms with van der Waals surface area (Å²) in [7, 11) is 0. The minimum atomic E-state index is -0.306. The average Bonchev–Trinajstić information content (AvgIpc) is 2.29. The van der Waals surface area contributed by atoms with Gasteiger partial charge in [0.25, 0.3) is 0 Å². The Labute approximate surface area is 115 Å². The van der Waals surface area contributed by atoms with E-state index in [1.165, 1.54) is 23.3 Å².